The zero-order valence-corrected chi connectivity index (χ0v) is 16.0. The molecule has 0 saturated carbocycles. The lowest BCUT2D eigenvalue weighted by atomic mass is 10.2. The highest BCUT2D eigenvalue weighted by molar-refractivity contribution is 8.00. The Morgan fingerprint density at radius 3 is 2.69 bits per heavy atom. The second kappa shape index (κ2) is 8.33. The molecule has 0 radical (unpaired) electrons. The van der Waals surface area contributed by atoms with Gasteiger partial charge in [-0.3, -0.25) is 4.79 Å². The van der Waals surface area contributed by atoms with Gasteiger partial charge in [-0.25, -0.2) is 4.98 Å². The molecule has 3 aromatic rings. The van der Waals surface area contributed by atoms with Crippen LogP contribution in [0.3, 0.4) is 0 Å². The molecule has 0 aliphatic rings. The second-order valence-electron chi connectivity index (χ2n) is 5.71. The number of hydrogen-bond acceptors (Lipinski definition) is 5. The van der Waals surface area contributed by atoms with Gasteiger partial charge < -0.3 is 9.88 Å². The van der Waals surface area contributed by atoms with Gasteiger partial charge in [0.05, 0.1) is 16.8 Å². The van der Waals surface area contributed by atoms with Gasteiger partial charge in [0.1, 0.15) is 11.6 Å². The zero-order chi connectivity index (χ0) is 18.5. The van der Waals surface area contributed by atoms with Crippen LogP contribution in [0.25, 0.3) is 0 Å². The van der Waals surface area contributed by atoms with Crippen molar-refractivity contribution in [2.75, 3.05) is 5.32 Å². The highest BCUT2D eigenvalue weighted by Gasteiger charge is 2.19. The molecule has 0 saturated heterocycles. The first-order valence-electron chi connectivity index (χ1n) is 8.06. The maximum atomic E-state index is 12.4. The lowest BCUT2D eigenvalue weighted by molar-refractivity contribution is -0.115. The number of aryl methyl sites for hydroxylation is 1. The standard InChI is InChI=1S/C18H18ClN5OS/c1-12(17(25)21-16-9-8-15(19)10-20-16)26-18-23-22-13(2)24(18)11-14-6-4-3-5-7-14/h3-10,12H,11H2,1-2H3,(H,20,21,25)/t12-/m1/s1. The Bertz CT molecular complexity index is 882. The largest absolute Gasteiger partial charge is 0.310 e. The molecule has 0 aliphatic carbocycles. The molecule has 0 unspecified atom stereocenters. The number of aromatic nitrogens is 4. The van der Waals surface area contributed by atoms with E-state index in [2.05, 4.69) is 32.6 Å². The topological polar surface area (TPSA) is 72.7 Å². The number of rotatable bonds is 6. The maximum Gasteiger partial charge on any atom is 0.238 e. The Morgan fingerprint density at radius 2 is 2.00 bits per heavy atom. The SMILES string of the molecule is Cc1nnc(S[C@H](C)C(=O)Nc2ccc(Cl)cn2)n1Cc1ccccc1. The van der Waals surface area contributed by atoms with Crippen LogP contribution in [0.5, 0.6) is 0 Å². The third-order valence-electron chi connectivity index (χ3n) is 3.72. The summed E-state index contributed by atoms with van der Waals surface area (Å²) in [5.74, 6) is 1.12. The third-order valence-corrected chi connectivity index (χ3v) is 5.02. The number of nitrogens with one attached hydrogen (secondary N) is 1. The van der Waals surface area contributed by atoms with E-state index in [-0.39, 0.29) is 11.2 Å². The van der Waals surface area contributed by atoms with Crippen LogP contribution in [0.15, 0.2) is 53.8 Å². The minimum atomic E-state index is -0.356. The number of amides is 1. The number of halogens is 1. The molecule has 3 rings (SSSR count). The Labute approximate surface area is 161 Å². The molecule has 1 N–H and O–H groups in total. The van der Waals surface area contributed by atoms with Gasteiger partial charge >= 0.3 is 0 Å². The van der Waals surface area contributed by atoms with Gasteiger partial charge in [-0.05, 0) is 31.5 Å². The zero-order valence-electron chi connectivity index (χ0n) is 14.4. The minimum absolute atomic E-state index is 0.156. The lowest BCUT2D eigenvalue weighted by Crippen LogP contribution is -2.23. The van der Waals surface area contributed by atoms with Crippen molar-refractivity contribution < 1.29 is 4.79 Å². The van der Waals surface area contributed by atoms with Gasteiger partial charge in [-0.15, -0.1) is 10.2 Å². The van der Waals surface area contributed by atoms with Crippen molar-refractivity contribution in [1.82, 2.24) is 19.7 Å². The van der Waals surface area contributed by atoms with Crippen molar-refractivity contribution in [2.45, 2.75) is 30.8 Å². The molecule has 0 aliphatic heterocycles. The molecule has 8 heteroatoms. The molecular formula is C18H18ClN5OS. The molecule has 26 heavy (non-hydrogen) atoms. The minimum Gasteiger partial charge on any atom is -0.310 e. The van der Waals surface area contributed by atoms with Crippen molar-refractivity contribution in [1.29, 1.82) is 0 Å². The van der Waals surface area contributed by atoms with E-state index in [0.29, 0.717) is 22.5 Å². The van der Waals surface area contributed by atoms with Crippen molar-refractivity contribution in [3.8, 4) is 0 Å². The van der Waals surface area contributed by atoms with E-state index in [4.69, 9.17) is 11.6 Å². The number of anilines is 1. The molecule has 134 valence electrons. The van der Waals surface area contributed by atoms with E-state index in [1.165, 1.54) is 18.0 Å². The highest BCUT2D eigenvalue weighted by Crippen LogP contribution is 2.24. The second-order valence-corrected chi connectivity index (χ2v) is 7.46. The van der Waals surface area contributed by atoms with Crippen molar-refractivity contribution in [2.24, 2.45) is 0 Å². The lowest BCUT2D eigenvalue weighted by Gasteiger charge is -2.13. The number of thioether (sulfide) groups is 1. The van der Waals surface area contributed by atoms with E-state index in [1.54, 1.807) is 12.1 Å². The molecule has 2 heterocycles. The van der Waals surface area contributed by atoms with Crippen molar-refractivity contribution >= 4 is 35.1 Å². The fraction of sp³-hybridized carbons (Fsp3) is 0.222. The van der Waals surface area contributed by atoms with E-state index in [9.17, 15) is 4.79 Å². The van der Waals surface area contributed by atoms with Crippen molar-refractivity contribution in [3.05, 3.63) is 65.1 Å². The Balaban J connectivity index is 1.68. The van der Waals surface area contributed by atoms with Crippen LogP contribution in [-0.2, 0) is 11.3 Å². The summed E-state index contributed by atoms with van der Waals surface area (Å²) in [6.07, 6.45) is 1.49. The molecule has 0 bridgehead atoms. The van der Waals surface area contributed by atoms with Gasteiger partial charge in [-0.2, -0.15) is 0 Å². The molecule has 0 fully saturated rings. The average molecular weight is 388 g/mol. The van der Waals surface area contributed by atoms with Crippen LogP contribution >= 0.6 is 23.4 Å². The van der Waals surface area contributed by atoms with E-state index in [1.807, 2.05) is 36.6 Å². The number of carbonyl (C=O) groups excluding carboxylic acids is 1. The molecule has 1 atom stereocenters. The summed E-state index contributed by atoms with van der Waals surface area (Å²) in [6.45, 7) is 4.39. The Morgan fingerprint density at radius 1 is 1.23 bits per heavy atom. The average Bonchev–Trinajstić information content (AvgIpc) is 2.98. The number of pyridine rings is 1. The Hall–Kier alpha value is -2.38. The van der Waals surface area contributed by atoms with E-state index < -0.39 is 0 Å². The van der Waals surface area contributed by atoms with Crippen LogP contribution in [-0.4, -0.2) is 30.9 Å². The Kier molecular flexibility index (Phi) is 5.90. The quantitative estimate of drug-likeness (QED) is 0.651. The number of benzene rings is 1. The van der Waals surface area contributed by atoms with Crippen LogP contribution in [0.1, 0.15) is 18.3 Å². The number of nitrogens with zero attached hydrogens (tertiary/aromatic N) is 4. The molecule has 1 amide bonds. The molecule has 6 nitrogen and oxygen atoms in total. The first kappa shape index (κ1) is 18.4. The van der Waals surface area contributed by atoms with Crippen LogP contribution in [0, 0.1) is 6.92 Å². The first-order chi connectivity index (χ1) is 12.5. The summed E-state index contributed by atoms with van der Waals surface area (Å²) < 4.78 is 2.00. The summed E-state index contributed by atoms with van der Waals surface area (Å²) in [6, 6.07) is 13.4. The first-order valence-corrected chi connectivity index (χ1v) is 9.31. The molecule has 2 aromatic heterocycles. The van der Waals surface area contributed by atoms with Crippen LogP contribution in [0.2, 0.25) is 5.02 Å². The fourth-order valence-electron chi connectivity index (χ4n) is 2.29. The van der Waals surface area contributed by atoms with Gasteiger partial charge in [-0.1, -0.05) is 53.7 Å². The normalized spacial score (nSPS) is 12.0. The predicted octanol–water partition coefficient (Wildman–Crippen LogP) is 3.80. The van der Waals surface area contributed by atoms with Crippen LogP contribution < -0.4 is 5.32 Å². The third kappa shape index (κ3) is 4.62. The number of hydrogen-bond donors (Lipinski definition) is 1. The molecule has 0 spiro atoms. The fourth-order valence-corrected chi connectivity index (χ4v) is 3.29. The van der Waals surface area contributed by atoms with Crippen LogP contribution in [0.4, 0.5) is 5.82 Å². The number of carbonyl (C=O) groups is 1. The van der Waals surface area contributed by atoms with Gasteiger partial charge in [0.15, 0.2) is 5.16 Å². The maximum absolute atomic E-state index is 12.4. The molecular weight excluding hydrogens is 370 g/mol. The predicted molar refractivity (Wildman–Crippen MR) is 103 cm³/mol. The summed E-state index contributed by atoms with van der Waals surface area (Å²) in [4.78, 5) is 16.5. The smallest absolute Gasteiger partial charge is 0.238 e. The monoisotopic (exact) mass is 387 g/mol. The van der Waals surface area contributed by atoms with E-state index in [0.717, 1.165) is 11.4 Å². The van der Waals surface area contributed by atoms with Crippen molar-refractivity contribution in [3.63, 3.8) is 0 Å². The molecule has 1 aromatic carbocycles. The van der Waals surface area contributed by atoms with Gasteiger partial charge in [0.25, 0.3) is 0 Å². The van der Waals surface area contributed by atoms with E-state index >= 15 is 0 Å². The summed E-state index contributed by atoms with van der Waals surface area (Å²) in [5, 5.41) is 12.0. The summed E-state index contributed by atoms with van der Waals surface area (Å²) in [7, 11) is 0. The summed E-state index contributed by atoms with van der Waals surface area (Å²) >= 11 is 7.17. The van der Waals surface area contributed by atoms with Gasteiger partial charge in [0, 0.05) is 6.20 Å². The summed E-state index contributed by atoms with van der Waals surface area (Å²) in [5.41, 5.74) is 1.15. The highest BCUT2D eigenvalue weighted by atomic mass is 35.5. The van der Waals surface area contributed by atoms with Gasteiger partial charge in [0.2, 0.25) is 5.91 Å².